The van der Waals surface area contributed by atoms with Crippen molar-refractivity contribution < 1.29 is 4.79 Å². The molecule has 0 bridgehead atoms. The summed E-state index contributed by atoms with van der Waals surface area (Å²) < 4.78 is 0. The number of allylic oxidation sites excluding steroid dienone is 1. The third kappa shape index (κ3) is 2.54. The Bertz CT molecular complexity index is 280. The molecule has 0 saturated carbocycles. The van der Waals surface area contributed by atoms with Gasteiger partial charge in [0.2, 0.25) is 5.91 Å². The third-order valence-corrected chi connectivity index (χ3v) is 1.25. The summed E-state index contributed by atoms with van der Waals surface area (Å²) in [6.45, 7) is 1.79. The van der Waals surface area contributed by atoms with Crippen molar-refractivity contribution in [2.75, 3.05) is 5.32 Å². The second kappa shape index (κ2) is 4.28. The highest BCUT2D eigenvalue weighted by molar-refractivity contribution is 5.99. The van der Waals surface area contributed by atoms with Crippen molar-refractivity contribution in [2.24, 2.45) is 0 Å². The van der Waals surface area contributed by atoms with Gasteiger partial charge in [0.25, 0.3) is 0 Å². The predicted octanol–water partition coefficient (Wildman–Crippen LogP) is 1.60. The van der Waals surface area contributed by atoms with E-state index in [1.807, 2.05) is 0 Å². The molecule has 1 amide bonds. The van der Waals surface area contributed by atoms with E-state index in [1.165, 1.54) is 6.08 Å². The zero-order chi connectivity index (χ0) is 8.81. The minimum Gasteiger partial charge on any atom is -0.321 e. The molecular weight excluding hydrogens is 152 g/mol. The number of carbonyl (C=O) groups is 1. The normalized spacial score (nSPS) is 10.1. The quantitative estimate of drug-likeness (QED) is 0.671. The average molecular weight is 162 g/mol. The Labute approximate surface area is 71.1 Å². The Morgan fingerprint density at radius 1 is 1.67 bits per heavy atom. The van der Waals surface area contributed by atoms with Crippen LogP contribution in [0.2, 0.25) is 0 Å². The summed E-state index contributed by atoms with van der Waals surface area (Å²) in [6.07, 6.45) is 6.41. The fourth-order valence-corrected chi connectivity index (χ4v) is 0.772. The van der Waals surface area contributed by atoms with Crippen molar-refractivity contribution in [3.05, 3.63) is 36.7 Å². The number of pyridine rings is 1. The van der Waals surface area contributed by atoms with Crippen molar-refractivity contribution in [1.82, 2.24) is 4.98 Å². The number of rotatable bonds is 2. The van der Waals surface area contributed by atoms with Crippen LogP contribution in [0.4, 0.5) is 5.69 Å². The summed E-state index contributed by atoms with van der Waals surface area (Å²) >= 11 is 0. The molecule has 1 rings (SSSR count). The minimum absolute atomic E-state index is 0.134. The van der Waals surface area contributed by atoms with Crippen molar-refractivity contribution >= 4 is 11.6 Å². The van der Waals surface area contributed by atoms with Gasteiger partial charge in [0.1, 0.15) is 0 Å². The Morgan fingerprint density at radius 2 is 2.50 bits per heavy atom. The van der Waals surface area contributed by atoms with Gasteiger partial charge in [-0.1, -0.05) is 6.08 Å². The SMILES string of the molecule is C/C=C/C(=O)Nc1cccnc1. The smallest absolute Gasteiger partial charge is 0.248 e. The highest BCUT2D eigenvalue weighted by atomic mass is 16.1. The van der Waals surface area contributed by atoms with E-state index in [-0.39, 0.29) is 5.91 Å². The number of anilines is 1. The molecule has 1 aromatic heterocycles. The monoisotopic (exact) mass is 162 g/mol. The molecule has 0 aliphatic heterocycles. The van der Waals surface area contributed by atoms with Gasteiger partial charge in [0.15, 0.2) is 0 Å². The van der Waals surface area contributed by atoms with E-state index in [4.69, 9.17) is 0 Å². The van der Waals surface area contributed by atoms with E-state index >= 15 is 0 Å². The van der Waals surface area contributed by atoms with Crippen LogP contribution in [0.15, 0.2) is 36.7 Å². The minimum atomic E-state index is -0.134. The molecule has 0 saturated heterocycles. The lowest BCUT2D eigenvalue weighted by Gasteiger charge is -1.98. The van der Waals surface area contributed by atoms with Crippen LogP contribution in [0.5, 0.6) is 0 Å². The van der Waals surface area contributed by atoms with Crippen molar-refractivity contribution in [2.45, 2.75) is 6.92 Å². The van der Waals surface area contributed by atoms with Crippen LogP contribution >= 0.6 is 0 Å². The molecule has 1 N–H and O–H groups in total. The van der Waals surface area contributed by atoms with Crippen molar-refractivity contribution in [1.29, 1.82) is 0 Å². The van der Waals surface area contributed by atoms with E-state index in [0.29, 0.717) is 5.69 Å². The summed E-state index contributed by atoms with van der Waals surface area (Å²) in [7, 11) is 0. The molecule has 0 aliphatic carbocycles. The Hall–Kier alpha value is -1.64. The predicted molar refractivity (Wildman–Crippen MR) is 47.7 cm³/mol. The molecule has 1 aromatic rings. The molecule has 62 valence electrons. The standard InChI is InChI=1S/C9H10N2O/c1-2-4-9(12)11-8-5-3-6-10-7-8/h2-7H,1H3,(H,11,12)/b4-2+. The van der Waals surface area contributed by atoms with E-state index in [1.54, 1.807) is 37.5 Å². The first-order chi connectivity index (χ1) is 5.83. The summed E-state index contributed by atoms with van der Waals surface area (Å²) in [6, 6.07) is 3.56. The highest BCUT2D eigenvalue weighted by Gasteiger charge is 1.94. The van der Waals surface area contributed by atoms with Gasteiger partial charge in [-0.3, -0.25) is 9.78 Å². The van der Waals surface area contributed by atoms with E-state index in [0.717, 1.165) is 0 Å². The maximum atomic E-state index is 11.0. The zero-order valence-corrected chi connectivity index (χ0v) is 6.82. The first-order valence-corrected chi connectivity index (χ1v) is 3.66. The second-order valence-corrected chi connectivity index (χ2v) is 2.23. The van der Waals surface area contributed by atoms with Crippen LogP contribution in [0, 0.1) is 0 Å². The van der Waals surface area contributed by atoms with Crippen LogP contribution in [-0.4, -0.2) is 10.9 Å². The lowest BCUT2D eigenvalue weighted by Crippen LogP contribution is -2.07. The Balaban J connectivity index is 2.59. The van der Waals surface area contributed by atoms with Gasteiger partial charge in [-0.25, -0.2) is 0 Å². The number of carbonyl (C=O) groups excluding carboxylic acids is 1. The molecule has 0 aromatic carbocycles. The summed E-state index contributed by atoms with van der Waals surface area (Å²) in [5, 5.41) is 2.65. The summed E-state index contributed by atoms with van der Waals surface area (Å²) in [5.41, 5.74) is 0.709. The molecule has 12 heavy (non-hydrogen) atoms. The van der Waals surface area contributed by atoms with Gasteiger partial charge < -0.3 is 5.32 Å². The fourth-order valence-electron chi connectivity index (χ4n) is 0.772. The molecule has 0 radical (unpaired) electrons. The molecule has 0 atom stereocenters. The van der Waals surface area contributed by atoms with Gasteiger partial charge in [-0.05, 0) is 25.1 Å². The van der Waals surface area contributed by atoms with Gasteiger partial charge in [-0.15, -0.1) is 0 Å². The average Bonchev–Trinajstić information content (AvgIpc) is 2.06. The number of aromatic nitrogens is 1. The lowest BCUT2D eigenvalue weighted by atomic mass is 10.4. The van der Waals surface area contributed by atoms with Crippen molar-refractivity contribution in [3.63, 3.8) is 0 Å². The molecule has 3 heteroatoms. The van der Waals surface area contributed by atoms with Crippen LogP contribution in [-0.2, 0) is 4.79 Å². The first kappa shape index (κ1) is 8.46. The van der Waals surface area contributed by atoms with Gasteiger partial charge >= 0.3 is 0 Å². The second-order valence-electron chi connectivity index (χ2n) is 2.23. The van der Waals surface area contributed by atoms with Gasteiger partial charge in [0, 0.05) is 6.20 Å². The van der Waals surface area contributed by atoms with Crippen LogP contribution in [0.3, 0.4) is 0 Å². The van der Waals surface area contributed by atoms with Crippen LogP contribution in [0.1, 0.15) is 6.92 Å². The fraction of sp³-hybridized carbons (Fsp3) is 0.111. The maximum Gasteiger partial charge on any atom is 0.248 e. The highest BCUT2D eigenvalue weighted by Crippen LogP contribution is 2.01. The largest absolute Gasteiger partial charge is 0.321 e. The number of amides is 1. The number of nitrogens with one attached hydrogen (secondary N) is 1. The van der Waals surface area contributed by atoms with Crippen LogP contribution < -0.4 is 5.32 Å². The Kier molecular flexibility index (Phi) is 3.02. The third-order valence-electron chi connectivity index (χ3n) is 1.25. The molecule has 0 unspecified atom stereocenters. The molecule has 1 heterocycles. The zero-order valence-electron chi connectivity index (χ0n) is 6.82. The van der Waals surface area contributed by atoms with Crippen LogP contribution in [0.25, 0.3) is 0 Å². The number of hydrogen-bond donors (Lipinski definition) is 1. The lowest BCUT2D eigenvalue weighted by molar-refractivity contribution is -0.111. The van der Waals surface area contributed by atoms with E-state index < -0.39 is 0 Å². The topological polar surface area (TPSA) is 42.0 Å². The van der Waals surface area contributed by atoms with Gasteiger partial charge in [-0.2, -0.15) is 0 Å². The molecule has 3 nitrogen and oxygen atoms in total. The maximum absolute atomic E-state index is 11.0. The van der Waals surface area contributed by atoms with E-state index in [2.05, 4.69) is 10.3 Å². The number of hydrogen-bond acceptors (Lipinski definition) is 2. The number of nitrogens with zero attached hydrogens (tertiary/aromatic N) is 1. The molecular formula is C9H10N2O. The molecule has 0 fully saturated rings. The first-order valence-electron chi connectivity index (χ1n) is 3.66. The Morgan fingerprint density at radius 3 is 3.08 bits per heavy atom. The van der Waals surface area contributed by atoms with Gasteiger partial charge in [0.05, 0.1) is 11.9 Å². The molecule has 0 aliphatic rings. The summed E-state index contributed by atoms with van der Waals surface area (Å²) in [5.74, 6) is -0.134. The van der Waals surface area contributed by atoms with E-state index in [9.17, 15) is 4.79 Å². The summed E-state index contributed by atoms with van der Waals surface area (Å²) in [4.78, 5) is 14.8. The van der Waals surface area contributed by atoms with Crippen molar-refractivity contribution in [3.8, 4) is 0 Å². The molecule has 0 spiro atoms.